The maximum atomic E-state index is 12.7. The van der Waals surface area contributed by atoms with Crippen molar-refractivity contribution >= 4 is 57.7 Å². The van der Waals surface area contributed by atoms with Crippen LogP contribution in [-0.2, 0) is 24.0 Å². The quantitative estimate of drug-likeness (QED) is 0.239. The molecule has 2 aliphatic heterocycles. The summed E-state index contributed by atoms with van der Waals surface area (Å²) in [6.45, 7) is 4.68. The van der Waals surface area contributed by atoms with Crippen molar-refractivity contribution < 1.29 is 29.1 Å². The number of carbonyl (C=O) groups excluding carboxylic acids is 3. The van der Waals surface area contributed by atoms with E-state index in [0.717, 1.165) is 23.2 Å². The van der Waals surface area contributed by atoms with Crippen LogP contribution in [0.5, 0.6) is 0 Å². The Morgan fingerprint density at radius 2 is 2.24 bits per heavy atom. The molecule has 2 amide bonds. The largest absolute Gasteiger partial charge is 0.477 e. The number of carbonyl (C=O) groups is 4. The summed E-state index contributed by atoms with van der Waals surface area (Å²) in [7, 11) is 0. The molecule has 3 heterocycles. The van der Waals surface area contributed by atoms with Gasteiger partial charge in [-0.2, -0.15) is 0 Å². The third kappa shape index (κ3) is 3.86. The Morgan fingerprint density at radius 3 is 2.79 bits per heavy atom. The molecule has 0 aromatic carbocycles. The molecule has 0 bridgehead atoms. The predicted octanol–water partition coefficient (Wildman–Crippen LogP) is -0.0829. The number of nitrogens with one attached hydrogen (secondary N) is 1. The Morgan fingerprint density at radius 1 is 1.52 bits per heavy atom. The number of carboxylic acid groups (broad SMARTS) is 1. The van der Waals surface area contributed by atoms with Gasteiger partial charge in [0.05, 0.1) is 0 Å². The lowest BCUT2D eigenvalue weighted by Gasteiger charge is -2.49. The number of fused-ring (bicyclic) bond motifs is 1. The Kier molecular flexibility index (Phi) is 5.70. The molecule has 0 radical (unpaired) electrons. The zero-order chi connectivity index (χ0) is 21.3. The number of anilines is 1. The first-order chi connectivity index (χ1) is 13.7. The van der Waals surface area contributed by atoms with E-state index >= 15 is 0 Å². The Hall–Kier alpha value is -3.19. The van der Waals surface area contributed by atoms with Crippen molar-refractivity contribution in [1.29, 1.82) is 0 Å². The van der Waals surface area contributed by atoms with E-state index in [0.29, 0.717) is 11.3 Å². The van der Waals surface area contributed by atoms with Gasteiger partial charge in [0, 0.05) is 18.1 Å². The number of oxime groups is 1. The summed E-state index contributed by atoms with van der Waals surface area (Å²) in [5, 5.41) is 16.5. The van der Waals surface area contributed by atoms with Gasteiger partial charge < -0.3 is 21.0 Å². The highest BCUT2D eigenvalue weighted by atomic mass is 32.2. The van der Waals surface area contributed by atoms with Gasteiger partial charge in [-0.3, -0.25) is 14.5 Å². The van der Waals surface area contributed by atoms with Gasteiger partial charge in [-0.05, 0) is 5.57 Å². The summed E-state index contributed by atoms with van der Waals surface area (Å²) in [6.07, 6.45) is 1.39. The topological polar surface area (TPSA) is 164 Å². The van der Waals surface area contributed by atoms with Crippen LogP contribution in [0, 0.1) is 0 Å². The third-order valence-corrected chi connectivity index (χ3v) is 5.95. The molecule has 4 N–H and O–H groups in total. The Bertz CT molecular complexity index is 984. The highest BCUT2D eigenvalue weighted by molar-refractivity contribution is 8.00. The molecule has 1 saturated heterocycles. The van der Waals surface area contributed by atoms with Crippen LogP contribution in [0.3, 0.4) is 0 Å². The molecule has 1 fully saturated rings. The number of rotatable bonds is 6. The number of nitrogen functional groups attached to an aromatic ring is 1. The zero-order valence-electron chi connectivity index (χ0n) is 14.9. The van der Waals surface area contributed by atoms with Gasteiger partial charge in [-0.15, -0.1) is 23.1 Å². The van der Waals surface area contributed by atoms with Crippen LogP contribution in [0.1, 0.15) is 12.6 Å². The van der Waals surface area contributed by atoms with Crippen LogP contribution >= 0.6 is 23.1 Å². The van der Waals surface area contributed by atoms with Crippen LogP contribution < -0.4 is 11.1 Å². The van der Waals surface area contributed by atoms with Crippen LogP contribution in [-0.4, -0.2) is 61.6 Å². The maximum Gasteiger partial charge on any atom is 0.352 e. The lowest BCUT2D eigenvalue weighted by atomic mass is 10.0. The van der Waals surface area contributed by atoms with Crippen molar-refractivity contribution in [2.75, 3.05) is 11.5 Å². The summed E-state index contributed by atoms with van der Waals surface area (Å²) >= 11 is 2.34. The molecule has 13 heteroatoms. The number of carboxylic acids is 1. The normalized spacial score (nSPS) is 21.2. The number of nitrogens with zero attached hydrogens (tertiary/aromatic N) is 3. The number of hydrogen-bond donors (Lipinski definition) is 3. The minimum atomic E-state index is -1.25. The second kappa shape index (κ2) is 8.05. The molecule has 0 unspecified atom stereocenters. The smallest absolute Gasteiger partial charge is 0.352 e. The van der Waals surface area contributed by atoms with E-state index < -0.39 is 35.2 Å². The third-order valence-electron chi connectivity index (χ3n) is 3.98. The molecular weight excluding hydrogens is 422 g/mol. The highest BCUT2D eigenvalue weighted by Crippen LogP contribution is 2.40. The number of β-lactam (4-membered cyclic amide) rings is 1. The van der Waals surface area contributed by atoms with Crippen LogP contribution in [0.2, 0.25) is 0 Å². The second-order valence-corrected chi connectivity index (χ2v) is 7.83. The molecule has 29 heavy (non-hydrogen) atoms. The number of allylic oxidation sites excluding steroid dienone is 1. The van der Waals surface area contributed by atoms with Crippen LogP contribution in [0.4, 0.5) is 5.13 Å². The molecule has 0 aliphatic carbocycles. The first-order valence-corrected chi connectivity index (χ1v) is 9.98. The monoisotopic (exact) mass is 437 g/mol. The standard InChI is InChI=1S/C16H15N5O6S2/c1-3-7-4-28-14-10(13(24)21(14)11(7)15(25)26)19-12(23)9(20-27-6(2)22)8-5-29-16(17)18-8/h3,5,10,14H,1,4H2,2H3,(H2,17,18)(H,19,23)(H,25,26)/b20-9-/t10-,14-/m1/s1. The van der Waals surface area contributed by atoms with E-state index in [4.69, 9.17) is 5.73 Å². The molecule has 11 nitrogen and oxygen atoms in total. The van der Waals surface area contributed by atoms with E-state index in [9.17, 15) is 24.3 Å². The van der Waals surface area contributed by atoms with E-state index in [1.54, 1.807) is 0 Å². The fraction of sp³-hybridized carbons (Fsp3) is 0.250. The second-order valence-electron chi connectivity index (χ2n) is 5.84. The molecule has 2 atom stereocenters. The van der Waals surface area contributed by atoms with Gasteiger partial charge in [0.1, 0.15) is 22.8 Å². The Balaban J connectivity index is 1.82. The molecule has 0 spiro atoms. The lowest BCUT2D eigenvalue weighted by molar-refractivity contribution is -0.150. The summed E-state index contributed by atoms with van der Waals surface area (Å²) < 4.78 is 0. The van der Waals surface area contributed by atoms with Gasteiger partial charge >= 0.3 is 11.9 Å². The number of hydrogen-bond acceptors (Lipinski definition) is 10. The number of thiazole rings is 1. The van der Waals surface area contributed by atoms with E-state index in [1.807, 2.05) is 0 Å². The van der Waals surface area contributed by atoms with Gasteiger partial charge in [-0.1, -0.05) is 17.8 Å². The predicted molar refractivity (Wildman–Crippen MR) is 105 cm³/mol. The SMILES string of the molecule is C=CC1=C(C(=O)O)N2C(=O)[C@@H](NC(=O)/C(=N\OC(C)=O)c3csc(N)n3)[C@H]2SC1. The molecule has 152 valence electrons. The zero-order valence-corrected chi connectivity index (χ0v) is 16.6. The first kappa shape index (κ1) is 20.5. The van der Waals surface area contributed by atoms with Crippen LogP contribution in [0.25, 0.3) is 0 Å². The van der Waals surface area contributed by atoms with Crippen molar-refractivity contribution in [2.45, 2.75) is 18.3 Å². The van der Waals surface area contributed by atoms with E-state index in [2.05, 4.69) is 26.9 Å². The summed E-state index contributed by atoms with van der Waals surface area (Å²) in [6, 6.07) is -0.980. The fourth-order valence-corrected chi connectivity index (χ4v) is 4.61. The molecule has 3 rings (SSSR count). The summed E-state index contributed by atoms with van der Waals surface area (Å²) in [5.74, 6) is -3.08. The lowest BCUT2D eigenvalue weighted by Crippen LogP contribution is -2.71. The van der Waals surface area contributed by atoms with Crippen molar-refractivity contribution in [3.63, 3.8) is 0 Å². The van der Waals surface area contributed by atoms with E-state index in [1.165, 1.54) is 23.2 Å². The van der Waals surface area contributed by atoms with Gasteiger partial charge in [0.2, 0.25) is 0 Å². The number of aliphatic carboxylic acids is 1. The number of amides is 2. The van der Waals surface area contributed by atoms with E-state index in [-0.39, 0.29) is 22.2 Å². The van der Waals surface area contributed by atoms with Crippen molar-refractivity contribution in [3.05, 3.63) is 35.0 Å². The fourth-order valence-electron chi connectivity index (χ4n) is 2.72. The Labute approximate surface area is 172 Å². The molecule has 1 aromatic heterocycles. The summed E-state index contributed by atoms with van der Waals surface area (Å²) in [5.41, 5.74) is 5.58. The van der Waals surface area contributed by atoms with Gasteiger partial charge in [0.15, 0.2) is 10.8 Å². The average molecular weight is 437 g/mol. The van der Waals surface area contributed by atoms with Gasteiger partial charge in [0.25, 0.3) is 11.8 Å². The average Bonchev–Trinajstić information content (AvgIpc) is 3.10. The number of aromatic nitrogens is 1. The van der Waals surface area contributed by atoms with Crippen molar-refractivity contribution in [1.82, 2.24) is 15.2 Å². The maximum absolute atomic E-state index is 12.7. The number of nitrogens with two attached hydrogens (primary N) is 1. The molecule has 2 aliphatic rings. The summed E-state index contributed by atoms with van der Waals surface area (Å²) in [4.78, 5) is 57.4. The highest BCUT2D eigenvalue weighted by Gasteiger charge is 2.54. The first-order valence-electron chi connectivity index (χ1n) is 8.06. The van der Waals surface area contributed by atoms with Crippen molar-refractivity contribution in [2.24, 2.45) is 5.16 Å². The minimum Gasteiger partial charge on any atom is -0.477 e. The van der Waals surface area contributed by atoms with Gasteiger partial charge in [-0.25, -0.2) is 14.6 Å². The molecular formula is C16H15N5O6S2. The van der Waals surface area contributed by atoms with Crippen LogP contribution in [0.15, 0.2) is 34.5 Å². The molecule has 1 aromatic rings. The van der Waals surface area contributed by atoms with Crippen molar-refractivity contribution in [3.8, 4) is 0 Å². The number of thioether (sulfide) groups is 1. The minimum absolute atomic E-state index is 0.0752. The molecule has 0 saturated carbocycles.